The Balaban J connectivity index is 2.02. The molecule has 0 fully saturated rings. The number of carbonyl (C=O) groups excluding carboxylic acids is 1. The van der Waals surface area contributed by atoms with Gasteiger partial charge in [0.1, 0.15) is 17.2 Å². The Hall–Kier alpha value is -3.80. The number of nitrogens with zero attached hydrogens (tertiary/aromatic N) is 1. The van der Waals surface area contributed by atoms with Crippen LogP contribution in [0.4, 0.5) is 13.2 Å². The highest BCUT2D eigenvalue weighted by Crippen LogP contribution is 2.38. The van der Waals surface area contributed by atoms with Crippen LogP contribution in [0.2, 0.25) is 0 Å². The topological polar surface area (TPSA) is 104 Å². The zero-order valence-corrected chi connectivity index (χ0v) is 18.7. The lowest BCUT2D eigenvalue weighted by Crippen LogP contribution is -2.29. The van der Waals surface area contributed by atoms with E-state index in [1.54, 1.807) is 19.1 Å². The van der Waals surface area contributed by atoms with Gasteiger partial charge >= 0.3 is 6.36 Å². The van der Waals surface area contributed by atoms with E-state index in [2.05, 4.69) is 9.72 Å². The van der Waals surface area contributed by atoms with E-state index in [1.165, 1.54) is 36.5 Å². The third kappa shape index (κ3) is 6.85. The van der Waals surface area contributed by atoms with Gasteiger partial charge in [0.05, 0.1) is 12.9 Å². The number of ether oxygens (including phenoxy) is 3. The Bertz CT molecular complexity index is 1280. The fraction of sp³-hybridized carbons (Fsp3) is 0.182. The van der Waals surface area contributed by atoms with E-state index in [0.717, 1.165) is 18.4 Å². The lowest BCUT2D eigenvalue weighted by molar-refractivity contribution is -0.274. The van der Waals surface area contributed by atoms with E-state index in [9.17, 15) is 26.4 Å². The molecule has 0 spiro atoms. The summed E-state index contributed by atoms with van der Waals surface area (Å²) in [6.45, 7) is 2.06. The molecule has 3 aromatic rings. The summed E-state index contributed by atoms with van der Waals surface area (Å²) in [5.41, 5.74) is 0.812. The molecule has 3 rings (SSSR count). The van der Waals surface area contributed by atoms with Crippen LogP contribution in [0.5, 0.6) is 23.1 Å². The number of amides is 1. The average Bonchev–Trinajstić information content (AvgIpc) is 2.74. The number of benzene rings is 2. The second-order valence-corrected chi connectivity index (χ2v) is 8.57. The van der Waals surface area contributed by atoms with Gasteiger partial charge in [-0.3, -0.25) is 4.79 Å². The summed E-state index contributed by atoms with van der Waals surface area (Å²) >= 11 is 0. The molecule has 180 valence electrons. The fourth-order valence-corrected chi connectivity index (χ4v) is 3.34. The van der Waals surface area contributed by atoms with Gasteiger partial charge in [-0.05, 0) is 61.5 Å². The molecule has 2 aromatic carbocycles. The number of alkyl halides is 3. The number of halogens is 3. The predicted octanol–water partition coefficient (Wildman–Crippen LogP) is 4.53. The highest BCUT2D eigenvalue weighted by Gasteiger charge is 2.31. The number of sulfonamides is 1. The van der Waals surface area contributed by atoms with Crippen molar-refractivity contribution in [1.82, 2.24) is 9.71 Å². The molecule has 0 saturated heterocycles. The summed E-state index contributed by atoms with van der Waals surface area (Å²) in [6, 6.07) is 12.2. The number of hydrogen-bond donors (Lipinski definition) is 1. The minimum Gasteiger partial charge on any atom is -0.478 e. The first-order valence-corrected chi connectivity index (χ1v) is 11.6. The molecule has 0 radical (unpaired) electrons. The molecule has 0 aliphatic rings. The summed E-state index contributed by atoms with van der Waals surface area (Å²) in [5, 5.41) is 0. The van der Waals surface area contributed by atoms with E-state index < -0.39 is 28.0 Å². The van der Waals surface area contributed by atoms with Gasteiger partial charge in [0.15, 0.2) is 0 Å². The summed E-state index contributed by atoms with van der Waals surface area (Å²) in [4.78, 5) is 16.6. The van der Waals surface area contributed by atoms with Gasteiger partial charge in [0, 0.05) is 22.9 Å². The molecule has 0 bridgehead atoms. The van der Waals surface area contributed by atoms with Crippen molar-refractivity contribution in [1.29, 1.82) is 0 Å². The number of pyridine rings is 1. The van der Waals surface area contributed by atoms with Crippen molar-refractivity contribution < 1.29 is 40.6 Å². The van der Waals surface area contributed by atoms with Crippen LogP contribution in [0.25, 0.3) is 11.1 Å². The van der Waals surface area contributed by atoms with Crippen molar-refractivity contribution in [2.45, 2.75) is 13.3 Å². The Labute approximate surface area is 193 Å². The molecule has 34 heavy (non-hydrogen) atoms. The highest BCUT2D eigenvalue weighted by atomic mass is 32.2. The average molecular weight is 496 g/mol. The van der Waals surface area contributed by atoms with Gasteiger partial charge in [0.2, 0.25) is 15.9 Å². The smallest absolute Gasteiger partial charge is 0.478 e. The SMILES string of the molecule is CCOc1ncccc1-c1cc(C(=O)NS(C)(=O)=O)ccc1Oc1ccc(OC(F)(F)F)cc1. The molecule has 0 atom stereocenters. The number of aromatic nitrogens is 1. The van der Waals surface area contributed by atoms with E-state index >= 15 is 0 Å². The summed E-state index contributed by atoms with van der Waals surface area (Å²) < 4.78 is 77.3. The maximum absolute atomic E-state index is 12.4. The van der Waals surface area contributed by atoms with Crippen LogP contribution in [0.3, 0.4) is 0 Å². The second-order valence-electron chi connectivity index (χ2n) is 6.82. The Morgan fingerprint density at radius 2 is 1.71 bits per heavy atom. The Morgan fingerprint density at radius 1 is 1.03 bits per heavy atom. The summed E-state index contributed by atoms with van der Waals surface area (Å²) in [7, 11) is -3.80. The molecule has 0 aliphatic heterocycles. The maximum Gasteiger partial charge on any atom is 0.573 e. The lowest BCUT2D eigenvalue weighted by atomic mass is 10.0. The van der Waals surface area contributed by atoms with Gasteiger partial charge in [-0.25, -0.2) is 18.1 Å². The van der Waals surface area contributed by atoms with Crippen LogP contribution >= 0.6 is 0 Å². The van der Waals surface area contributed by atoms with E-state index in [-0.39, 0.29) is 22.9 Å². The normalized spacial score (nSPS) is 11.6. The minimum atomic E-state index is -4.83. The summed E-state index contributed by atoms with van der Waals surface area (Å²) in [5.74, 6) is -0.630. The molecular weight excluding hydrogens is 477 g/mol. The predicted molar refractivity (Wildman–Crippen MR) is 116 cm³/mol. The van der Waals surface area contributed by atoms with Crippen molar-refractivity contribution >= 4 is 15.9 Å². The number of rotatable bonds is 8. The van der Waals surface area contributed by atoms with Crippen molar-refractivity contribution in [3.8, 4) is 34.3 Å². The molecule has 0 unspecified atom stereocenters. The largest absolute Gasteiger partial charge is 0.573 e. The first kappa shape index (κ1) is 24.8. The van der Waals surface area contributed by atoms with E-state index in [0.29, 0.717) is 17.7 Å². The van der Waals surface area contributed by atoms with E-state index in [1.807, 2.05) is 4.72 Å². The Kier molecular flexibility index (Phi) is 7.30. The van der Waals surface area contributed by atoms with Gasteiger partial charge < -0.3 is 14.2 Å². The molecule has 1 aromatic heterocycles. The third-order valence-corrected chi connectivity index (χ3v) is 4.70. The fourth-order valence-electron chi connectivity index (χ4n) is 2.88. The first-order valence-electron chi connectivity index (χ1n) is 9.73. The molecule has 0 saturated carbocycles. The van der Waals surface area contributed by atoms with Crippen LogP contribution in [0.15, 0.2) is 60.8 Å². The molecule has 12 heteroatoms. The molecular formula is C22H19F3N2O6S. The zero-order chi connectivity index (χ0) is 24.9. The van der Waals surface area contributed by atoms with Crippen molar-refractivity contribution in [3.05, 3.63) is 66.4 Å². The van der Waals surface area contributed by atoms with E-state index in [4.69, 9.17) is 9.47 Å². The van der Waals surface area contributed by atoms with Gasteiger partial charge in [0.25, 0.3) is 5.91 Å². The van der Waals surface area contributed by atoms with Gasteiger partial charge in [-0.2, -0.15) is 0 Å². The van der Waals surface area contributed by atoms with Crippen molar-refractivity contribution in [3.63, 3.8) is 0 Å². The molecule has 0 aliphatic carbocycles. The van der Waals surface area contributed by atoms with Crippen molar-refractivity contribution in [2.24, 2.45) is 0 Å². The molecule has 1 N–H and O–H groups in total. The van der Waals surface area contributed by atoms with Crippen LogP contribution in [-0.2, 0) is 10.0 Å². The van der Waals surface area contributed by atoms with Crippen LogP contribution < -0.4 is 18.9 Å². The van der Waals surface area contributed by atoms with Crippen LogP contribution in [0, 0.1) is 0 Å². The van der Waals surface area contributed by atoms with Gasteiger partial charge in [-0.1, -0.05) is 0 Å². The monoisotopic (exact) mass is 496 g/mol. The number of nitrogens with one attached hydrogen (secondary N) is 1. The molecule has 8 nitrogen and oxygen atoms in total. The lowest BCUT2D eigenvalue weighted by Gasteiger charge is -2.16. The quantitative estimate of drug-likeness (QED) is 0.489. The molecule has 1 amide bonds. The zero-order valence-electron chi connectivity index (χ0n) is 17.9. The third-order valence-electron chi connectivity index (χ3n) is 4.15. The first-order chi connectivity index (χ1) is 15.9. The summed E-state index contributed by atoms with van der Waals surface area (Å²) in [6.07, 6.45) is -2.47. The minimum absolute atomic E-state index is 0.0213. The maximum atomic E-state index is 12.4. The molecule has 1 heterocycles. The van der Waals surface area contributed by atoms with Gasteiger partial charge in [-0.15, -0.1) is 13.2 Å². The Morgan fingerprint density at radius 3 is 2.32 bits per heavy atom. The van der Waals surface area contributed by atoms with Crippen LogP contribution in [-0.4, -0.2) is 38.5 Å². The highest BCUT2D eigenvalue weighted by molar-refractivity contribution is 7.89. The number of hydrogen-bond acceptors (Lipinski definition) is 7. The second kappa shape index (κ2) is 10.00. The van der Waals surface area contributed by atoms with Crippen molar-refractivity contribution in [2.75, 3.05) is 12.9 Å². The van der Waals surface area contributed by atoms with Crippen LogP contribution in [0.1, 0.15) is 17.3 Å². The number of carbonyl (C=O) groups is 1. The standard InChI is InChI=1S/C22H19F3N2O6S/c1-3-31-21-17(5-4-12-26-21)18-13-14(20(28)27-34(2,29)30)6-11-19(18)32-15-7-9-16(10-8-15)33-22(23,24)25/h4-13H,3H2,1-2H3,(H,27,28).